The molecule has 0 spiro atoms. The quantitative estimate of drug-likeness (QED) is 0.635. The highest BCUT2D eigenvalue weighted by atomic mass is 32.2. The van der Waals surface area contributed by atoms with E-state index in [0.29, 0.717) is 28.7 Å². The van der Waals surface area contributed by atoms with Crippen LogP contribution in [0.1, 0.15) is 16.2 Å². The van der Waals surface area contributed by atoms with Gasteiger partial charge in [0.25, 0.3) is 5.91 Å². The number of carbonyl (C=O) groups excluding carboxylic acids is 1. The lowest BCUT2D eigenvalue weighted by Crippen LogP contribution is -2.12. The fourth-order valence-electron chi connectivity index (χ4n) is 2.13. The van der Waals surface area contributed by atoms with E-state index in [1.165, 1.54) is 14.2 Å². The lowest BCUT2D eigenvalue weighted by Gasteiger charge is -2.07. The highest BCUT2D eigenvalue weighted by Crippen LogP contribution is 2.24. The SMILES string of the molecule is COc1cc(OC)cc(C(=O)Nc2nnc(CSc3ccccc3)o2)c1. The summed E-state index contributed by atoms with van der Waals surface area (Å²) in [6.07, 6.45) is 0. The molecule has 134 valence electrons. The first-order valence-electron chi connectivity index (χ1n) is 7.72. The Balaban J connectivity index is 1.64. The van der Waals surface area contributed by atoms with Crippen LogP contribution in [-0.4, -0.2) is 30.3 Å². The van der Waals surface area contributed by atoms with Gasteiger partial charge >= 0.3 is 6.01 Å². The van der Waals surface area contributed by atoms with Crippen LogP contribution in [0.3, 0.4) is 0 Å². The van der Waals surface area contributed by atoms with Crippen LogP contribution >= 0.6 is 11.8 Å². The van der Waals surface area contributed by atoms with Gasteiger partial charge in [0.1, 0.15) is 11.5 Å². The number of amides is 1. The number of carbonyl (C=O) groups is 1. The smallest absolute Gasteiger partial charge is 0.322 e. The maximum atomic E-state index is 12.4. The highest BCUT2D eigenvalue weighted by molar-refractivity contribution is 7.98. The average molecular weight is 371 g/mol. The number of nitrogens with one attached hydrogen (secondary N) is 1. The van der Waals surface area contributed by atoms with E-state index < -0.39 is 5.91 Å². The molecule has 1 amide bonds. The number of anilines is 1. The van der Waals surface area contributed by atoms with Gasteiger partial charge in [0.2, 0.25) is 5.89 Å². The second-order valence-electron chi connectivity index (χ2n) is 5.16. The van der Waals surface area contributed by atoms with Gasteiger partial charge in [0, 0.05) is 16.5 Å². The number of hydrogen-bond acceptors (Lipinski definition) is 7. The van der Waals surface area contributed by atoms with E-state index >= 15 is 0 Å². The first-order valence-corrected chi connectivity index (χ1v) is 8.71. The summed E-state index contributed by atoms with van der Waals surface area (Å²) >= 11 is 1.57. The van der Waals surface area contributed by atoms with Gasteiger partial charge in [-0.3, -0.25) is 10.1 Å². The summed E-state index contributed by atoms with van der Waals surface area (Å²) in [5.74, 6) is 1.57. The molecule has 1 heterocycles. The van der Waals surface area contributed by atoms with Gasteiger partial charge in [0.15, 0.2) is 0 Å². The van der Waals surface area contributed by atoms with E-state index in [2.05, 4.69) is 15.5 Å². The van der Waals surface area contributed by atoms with Crippen molar-refractivity contribution in [3.63, 3.8) is 0 Å². The molecule has 26 heavy (non-hydrogen) atoms. The lowest BCUT2D eigenvalue weighted by atomic mass is 10.2. The zero-order valence-corrected chi connectivity index (χ0v) is 15.1. The largest absolute Gasteiger partial charge is 0.497 e. The molecule has 0 atom stereocenters. The minimum Gasteiger partial charge on any atom is -0.497 e. The molecular weight excluding hydrogens is 354 g/mol. The molecule has 0 unspecified atom stereocenters. The summed E-state index contributed by atoms with van der Waals surface area (Å²) < 4.78 is 15.8. The van der Waals surface area contributed by atoms with Gasteiger partial charge in [0.05, 0.1) is 20.0 Å². The van der Waals surface area contributed by atoms with Crippen LogP contribution in [0.4, 0.5) is 6.01 Å². The first-order chi connectivity index (χ1) is 12.7. The van der Waals surface area contributed by atoms with Crippen molar-refractivity contribution in [2.75, 3.05) is 19.5 Å². The Bertz CT molecular complexity index is 861. The van der Waals surface area contributed by atoms with Crippen LogP contribution < -0.4 is 14.8 Å². The van der Waals surface area contributed by atoms with Gasteiger partial charge in [-0.1, -0.05) is 23.3 Å². The van der Waals surface area contributed by atoms with E-state index in [-0.39, 0.29) is 6.01 Å². The summed E-state index contributed by atoms with van der Waals surface area (Å²) in [5.41, 5.74) is 0.361. The Kier molecular flexibility index (Phi) is 5.75. The minimum absolute atomic E-state index is 0.0421. The Morgan fingerprint density at radius 3 is 2.42 bits per heavy atom. The molecule has 0 saturated heterocycles. The van der Waals surface area contributed by atoms with E-state index in [1.54, 1.807) is 30.0 Å². The highest BCUT2D eigenvalue weighted by Gasteiger charge is 2.14. The molecule has 0 bridgehead atoms. The predicted octanol–water partition coefficient (Wildman–Crippen LogP) is 3.63. The molecule has 3 rings (SSSR count). The molecule has 2 aromatic carbocycles. The third-order valence-corrected chi connectivity index (χ3v) is 4.40. The Hall–Kier alpha value is -3.00. The van der Waals surface area contributed by atoms with Gasteiger partial charge < -0.3 is 13.9 Å². The van der Waals surface area contributed by atoms with E-state index in [1.807, 2.05) is 30.3 Å². The predicted molar refractivity (Wildman–Crippen MR) is 97.8 cm³/mol. The number of nitrogens with zero attached hydrogens (tertiary/aromatic N) is 2. The standard InChI is InChI=1S/C18H17N3O4S/c1-23-13-8-12(9-14(10-13)24-2)17(22)19-18-21-20-16(25-18)11-26-15-6-4-3-5-7-15/h3-10H,11H2,1-2H3,(H,19,21,22). The van der Waals surface area contributed by atoms with Gasteiger partial charge in [-0.05, 0) is 24.3 Å². The second kappa shape index (κ2) is 8.39. The Morgan fingerprint density at radius 2 is 1.77 bits per heavy atom. The van der Waals surface area contributed by atoms with E-state index in [4.69, 9.17) is 13.9 Å². The van der Waals surface area contributed by atoms with Crippen LogP contribution in [0.2, 0.25) is 0 Å². The number of methoxy groups -OCH3 is 2. The summed E-state index contributed by atoms with van der Waals surface area (Å²) in [6.45, 7) is 0. The number of thioether (sulfide) groups is 1. The van der Waals surface area contributed by atoms with Gasteiger partial charge in [-0.25, -0.2) is 0 Å². The molecule has 3 aromatic rings. The molecule has 0 saturated carbocycles. The van der Waals surface area contributed by atoms with E-state index in [0.717, 1.165) is 4.90 Å². The molecular formula is C18H17N3O4S. The summed E-state index contributed by atoms with van der Waals surface area (Å²) in [5, 5.41) is 10.4. The number of ether oxygens (including phenoxy) is 2. The molecule has 1 N–H and O–H groups in total. The Labute approximate surface area is 154 Å². The lowest BCUT2D eigenvalue weighted by molar-refractivity contribution is 0.102. The van der Waals surface area contributed by atoms with Crippen molar-refractivity contribution in [2.24, 2.45) is 0 Å². The fourth-order valence-corrected chi connectivity index (χ4v) is 2.89. The maximum absolute atomic E-state index is 12.4. The summed E-state index contributed by atoms with van der Waals surface area (Å²) in [4.78, 5) is 13.5. The molecule has 0 fully saturated rings. The van der Waals surface area contributed by atoms with Crippen molar-refractivity contribution in [1.82, 2.24) is 10.2 Å². The van der Waals surface area contributed by atoms with Gasteiger partial charge in [-0.15, -0.1) is 16.9 Å². The van der Waals surface area contributed by atoms with Crippen molar-refractivity contribution in [2.45, 2.75) is 10.6 Å². The average Bonchev–Trinajstić information content (AvgIpc) is 3.14. The first kappa shape index (κ1) is 17.8. The summed E-state index contributed by atoms with van der Waals surface area (Å²) in [7, 11) is 3.04. The number of aromatic nitrogens is 2. The molecule has 0 aliphatic rings. The maximum Gasteiger partial charge on any atom is 0.322 e. The molecule has 0 radical (unpaired) electrons. The molecule has 0 aliphatic carbocycles. The van der Waals surface area contributed by atoms with Crippen LogP contribution in [-0.2, 0) is 5.75 Å². The van der Waals surface area contributed by atoms with E-state index in [9.17, 15) is 4.79 Å². The fraction of sp³-hybridized carbons (Fsp3) is 0.167. The summed E-state index contributed by atoms with van der Waals surface area (Å²) in [6, 6.07) is 14.8. The second-order valence-corrected chi connectivity index (χ2v) is 6.21. The van der Waals surface area contributed by atoms with Crippen LogP contribution in [0.5, 0.6) is 11.5 Å². The van der Waals surface area contributed by atoms with Crippen LogP contribution in [0.25, 0.3) is 0 Å². The van der Waals surface area contributed by atoms with Crippen LogP contribution in [0, 0.1) is 0 Å². The molecule has 1 aromatic heterocycles. The van der Waals surface area contributed by atoms with Crippen molar-refractivity contribution in [1.29, 1.82) is 0 Å². The van der Waals surface area contributed by atoms with Crippen LogP contribution in [0.15, 0.2) is 57.8 Å². The number of hydrogen-bond donors (Lipinski definition) is 1. The van der Waals surface area contributed by atoms with Crippen molar-refractivity contribution in [3.8, 4) is 11.5 Å². The molecule has 0 aliphatic heterocycles. The third kappa shape index (κ3) is 4.54. The minimum atomic E-state index is -0.395. The molecule has 7 nitrogen and oxygen atoms in total. The third-order valence-electron chi connectivity index (χ3n) is 3.41. The topological polar surface area (TPSA) is 86.5 Å². The van der Waals surface area contributed by atoms with Gasteiger partial charge in [-0.2, -0.15) is 0 Å². The van der Waals surface area contributed by atoms with Crippen molar-refractivity contribution >= 4 is 23.7 Å². The molecule has 8 heteroatoms. The van der Waals surface area contributed by atoms with Crippen molar-refractivity contribution in [3.05, 3.63) is 60.0 Å². The Morgan fingerprint density at radius 1 is 1.08 bits per heavy atom. The zero-order valence-electron chi connectivity index (χ0n) is 14.3. The van der Waals surface area contributed by atoms with Crippen molar-refractivity contribution < 1.29 is 18.7 Å². The number of benzene rings is 2. The monoisotopic (exact) mass is 371 g/mol. The zero-order chi connectivity index (χ0) is 18.4. The normalized spacial score (nSPS) is 10.4. The number of rotatable bonds is 7.